The molecule has 1 unspecified atom stereocenters. The zero-order valence-corrected chi connectivity index (χ0v) is 19.7. The van der Waals surface area contributed by atoms with E-state index in [0.717, 1.165) is 19.3 Å². The van der Waals surface area contributed by atoms with E-state index in [9.17, 15) is 13.2 Å². The van der Waals surface area contributed by atoms with Crippen LogP contribution < -0.4 is 20.7 Å². The van der Waals surface area contributed by atoms with Gasteiger partial charge in [-0.3, -0.25) is 4.99 Å². The molecule has 0 aromatic carbocycles. The maximum absolute atomic E-state index is 11.9. The molecule has 0 aliphatic carbocycles. The van der Waals surface area contributed by atoms with Crippen LogP contribution in [0.25, 0.3) is 0 Å². The van der Waals surface area contributed by atoms with Crippen LogP contribution in [0.5, 0.6) is 0 Å². The molecule has 0 heterocycles. The van der Waals surface area contributed by atoms with Gasteiger partial charge in [0, 0.05) is 32.2 Å². The number of carbonyl (C=O) groups excluding carboxylic acids is 1. The van der Waals surface area contributed by atoms with E-state index in [1.54, 1.807) is 6.92 Å². The topological polar surface area (TPSA) is 121 Å². The number of aliphatic imine (C=N–C) groups is 1. The third-order valence-electron chi connectivity index (χ3n) is 3.79. The Hall–Kier alpha value is -1.55. The molecule has 0 aromatic rings. The molecule has 0 saturated carbocycles. The first kappa shape index (κ1) is 27.5. The summed E-state index contributed by atoms with van der Waals surface area (Å²) in [5, 5.41) is 9.36. The molecule has 0 spiro atoms. The quantitative estimate of drug-likeness (QED) is 0.199. The smallest absolute Gasteiger partial charge is 0.407 e. The van der Waals surface area contributed by atoms with E-state index >= 15 is 0 Å². The summed E-state index contributed by atoms with van der Waals surface area (Å²) < 4.78 is 30.7. The van der Waals surface area contributed by atoms with E-state index in [1.807, 2.05) is 27.7 Å². The van der Waals surface area contributed by atoms with Crippen molar-refractivity contribution in [3.05, 3.63) is 0 Å². The van der Waals surface area contributed by atoms with Crippen LogP contribution in [0, 0.1) is 0 Å². The summed E-state index contributed by atoms with van der Waals surface area (Å²) in [6.45, 7) is 13.2. The van der Waals surface area contributed by atoms with Crippen LogP contribution in [0.2, 0.25) is 0 Å². The van der Waals surface area contributed by atoms with E-state index in [-0.39, 0.29) is 11.8 Å². The van der Waals surface area contributed by atoms with Gasteiger partial charge in [0.25, 0.3) is 0 Å². The lowest BCUT2D eigenvalue weighted by molar-refractivity contribution is 0.0522. The van der Waals surface area contributed by atoms with Gasteiger partial charge < -0.3 is 20.7 Å². The average molecular weight is 436 g/mol. The third kappa shape index (κ3) is 16.0. The fourth-order valence-corrected chi connectivity index (χ4v) is 2.97. The number of nitrogens with one attached hydrogen (secondary N) is 4. The maximum Gasteiger partial charge on any atom is 0.407 e. The minimum Gasteiger partial charge on any atom is -0.444 e. The number of rotatable bonds is 13. The predicted octanol–water partition coefficient (Wildman–Crippen LogP) is 1.95. The number of nitrogens with zero attached hydrogens (tertiary/aromatic N) is 1. The summed E-state index contributed by atoms with van der Waals surface area (Å²) in [5.41, 5.74) is -0.536. The standard InChI is InChI=1S/C19H41N5O4S/c1-7-10-12-16(15-22-18(25)28-19(4,5)6)24-17(20-8-2)21-13-11-14-23-29(26,27)9-3/h16,23H,7-15H2,1-6H3,(H,22,25)(H2,20,21,24). The van der Waals surface area contributed by atoms with E-state index in [4.69, 9.17) is 4.74 Å². The van der Waals surface area contributed by atoms with E-state index in [1.165, 1.54) is 0 Å². The van der Waals surface area contributed by atoms with E-state index < -0.39 is 21.7 Å². The zero-order valence-electron chi connectivity index (χ0n) is 18.9. The number of amides is 1. The molecule has 4 N–H and O–H groups in total. The summed E-state index contributed by atoms with van der Waals surface area (Å²) in [7, 11) is -3.17. The Bertz CT molecular complexity index is 588. The lowest BCUT2D eigenvalue weighted by Gasteiger charge is -2.24. The molecule has 0 fully saturated rings. The second-order valence-corrected chi connectivity index (χ2v) is 9.87. The van der Waals surface area contributed by atoms with Crippen LogP contribution >= 0.6 is 0 Å². The van der Waals surface area contributed by atoms with Crippen LogP contribution in [0.4, 0.5) is 4.79 Å². The molecule has 0 saturated heterocycles. The highest BCUT2D eigenvalue weighted by Crippen LogP contribution is 2.07. The van der Waals surface area contributed by atoms with Crippen molar-refractivity contribution >= 4 is 22.1 Å². The van der Waals surface area contributed by atoms with Crippen molar-refractivity contribution in [3.8, 4) is 0 Å². The van der Waals surface area contributed by atoms with Crippen molar-refractivity contribution in [1.82, 2.24) is 20.7 Å². The van der Waals surface area contributed by atoms with Gasteiger partial charge in [-0.15, -0.1) is 0 Å². The largest absolute Gasteiger partial charge is 0.444 e. The van der Waals surface area contributed by atoms with E-state index in [0.29, 0.717) is 38.6 Å². The van der Waals surface area contributed by atoms with Gasteiger partial charge in [0.05, 0.1) is 5.75 Å². The van der Waals surface area contributed by atoms with Crippen LogP contribution in [-0.2, 0) is 14.8 Å². The minimum atomic E-state index is -3.17. The van der Waals surface area contributed by atoms with Gasteiger partial charge in [-0.25, -0.2) is 17.9 Å². The molecule has 172 valence electrons. The van der Waals surface area contributed by atoms with Crippen molar-refractivity contribution in [2.24, 2.45) is 4.99 Å². The number of hydrogen-bond donors (Lipinski definition) is 4. The molecule has 0 aromatic heterocycles. The third-order valence-corrected chi connectivity index (χ3v) is 5.19. The second kappa shape index (κ2) is 14.4. The van der Waals surface area contributed by atoms with Gasteiger partial charge in [-0.1, -0.05) is 19.8 Å². The molecule has 9 nitrogen and oxygen atoms in total. The molecular formula is C19H41N5O4S. The van der Waals surface area contributed by atoms with Crippen molar-refractivity contribution in [2.45, 2.75) is 78.9 Å². The first-order valence-corrected chi connectivity index (χ1v) is 12.2. The monoisotopic (exact) mass is 435 g/mol. The Morgan fingerprint density at radius 2 is 1.79 bits per heavy atom. The average Bonchev–Trinajstić information content (AvgIpc) is 2.62. The Labute approximate surface area is 176 Å². The molecule has 0 bridgehead atoms. The normalized spacial score (nSPS) is 13.7. The molecule has 0 rings (SSSR count). The van der Waals surface area contributed by atoms with Crippen molar-refractivity contribution in [2.75, 3.05) is 31.9 Å². The highest BCUT2D eigenvalue weighted by atomic mass is 32.2. The summed E-state index contributed by atoms with van der Waals surface area (Å²) in [6.07, 6.45) is 3.12. The summed E-state index contributed by atoms with van der Waals surface area (Å²) >= 11 is 0. The highest BCUT2D eigenvalue weighted by Gasteiger charge is 2.18. The van der Waals surface area contributed by atoms with Gasteiger partial charge in [0.2, 0.25) is 10.0 Å². The van der Waals surface area contributed by atoms with Crippen LogP contribution in [-0.4, -0.2) is 64.0 Å². The van der Waals surface area contributed by atoms with Crippen LogP contribution in [0.1, 0.15) is 67.2 Å². The summed E-state index contributed by atoms with van der Waals surface area (Å²) in [4.78, 5) is 16.4. The molecule has 1 amide bonds. The molecule has 0 aliphatic rings. The molecule has 0 radical (unpaired) electrons. The lowest BCUT2D eigenvalue weighted by atomic mass is 10.1. The van der Waals surface area contributed by atoms with Crippen molar-refractivity contribution in [1.29, 1.82) is 0 Å². The number of guanidine groups is 1. The van der Waals surface area contributed by atoms with E-state index in [2.05, 4.69) is 32.6 Å². The number of sulfonamides is 1. The summed E-state index contributed by atoms with van der Waals surface area (Å²) in [6, 6.07) is 0.0128. The SMILES string of the molecule is CCCCC(CNC(=O)OC(C)(C)C)NC(=NCCCNS(=O)(=O)CC)NCC. The number of alkyl carbamates (subject to hydrolysis) is 1. The van der Waals surface area contributed by atoms with Gasteiger partial charge >= 0.3 is 6.09 Å². The molecule has 10 heteroatoms. The van der Waals surface area contributed by atoms with Crippen LogP contribution in [0.15, 0.2) is 4.99 Å². The minimum absolute atomic E-state index is 0.0128. The lowest BCUT2D eigenvalue weighted by Crippen LogP contribution is -2.49. The summed E-state index contributed by atoms with van der Waals surface area (Å²) in [5.74, 6) is 0.725. The van der Waals surface area contributed by atoms with Crippen molar-refractivity contribution < 1.29 is 17.9 Å². The number of carbonyl (C=O) groups is 1. The fraction of sp³-hybridized carbons (Fsp3) is 0.895. The molecule has 0 aliphatic heterocycles. The number of unbranched alkanes of at least 4 members (excludes halogenated alkanes) is 1. The van der Waals surface area contributed by atoms with Gasteiger partial charge in [-0.2, -0.15) is 0 Å². The Kier molecular flexibility index (Phi) is 13.7. The molecular weight excluding hydrogens is 394 g/mol. The molecule has 1 atom stereocenters. The fourth-order valence-electron chi connectivity index (χ4n) is 2.31. The van der Waals surface area contributed by atoms with Gasteiger partial charge in [0.1, 0.15) is 5.60 Å². The predicted molar refractivity (Wildman–Crippen MR) is 119 cm³/mol. The first-order valence-electron chi connectivity index (χ1n) is 10.5. The first-order chi connectivity index (χ1) is 13.5. The second-order valence-electron chi connectivity index (χ2n) is 7.78. The Balaban J connectivity index is 4.69. The van der Waals surface area contributed by atoms with Gasteiger partial charge in [-0.05, 0) is 47.5 Å². The van der Waals surface area contributed by atoms with Crippen LogP contribution in [0.3, 0.4) is 0 Å². The maximum atomic E-state index is 11.9. The van der Waals surface area contributed by atoms with Gasteiger partial charge in [0.15, 0.2) is 5.96 Å². The zero-order chi connectivity index (χ0) is 22.3. The Morgan fingerprint density at radius 3 is 2.34 bits per heavy atom. The highest BCUT2D eigenvalue weighted by molar-refractivity contribution is 7.89. The number of ether oxygens (including phenoxy) is 1. The number of hydrogen-bond acceptors (Lipinski definition) is 5. The van der Waals surface area contributed by atoms with Crippen molar-refractivity contribution in [3.63, 3.8) is 0 Å². The molecule has 29 heavy (non-hydrogen) atoms. The Morgan fingerprint density at radius 1 is 1.10 bits per heavy atom.